The van der Waals surface area contributed by atoms with Gasteiger partial charge in [0.15, 0.2) is 11.9 Å². The van der Waals surface area contributed by atoms with Crippen LogP contribution in [0.5, 0.6) is 11.5 Å². The van der Waals surface area contributed by atoms with E-state index in [2.05, 4.69) is 90.4 Å². The van der Waals surface area contributed by atoms with Gasteiger partial charge >= 0.3 is 23.9 Å². The third-order valence-corrected chi connectivity index (χ3v) is 23.0. The number of phenolic OH excluding ortho intramolecular Hbond substituents is 2. The molecule has 4 rings (SSSR count). The van der Waals surface area contributed by atoms with Gasteiger partial charge in [0.05, 0.1) is 19.0 Å². The number of amides is 17. The number of carboxylic acid groups (broad SMARTS) is 4. The van der Waals surface area contributed by atoms with Crippen molar-refractivity contribution in [2.75, 3.05) is 19.6 Å². The summed E-state index contributed by atoms with van der Waals surface area (Å²) in [6.07, 6.45) is -7.19. The largest absolute Gasteiger partial charge is 0.508 e. The van der Waals surface area contributed by atoms with E-state index in [4.69, 9.17) is 39.5 Å². The summed E-state index contributed by atoms with van der Waals surface area (Å²) in [5.41, 5.74) is 29.1. The summed E-state index contributed by atoms with van der Waals surface area (Å²) in [6.45, 7) is 9.49. The first kappa shape index (κ1) is 121. The SMILES string of the molecule is CC[C@H](C)[C@H](NC(=O)[C@H](C)NC(=O)[C@H](CCCNC(=N)N)NC(=O)[C@H](CCC(=O)O)NC(=O)[C@@H](N)CCC(N)=O)C(=O)N[C@H](C(=O)N[C@@H](CCCNC(=N)N)C(=O)N[C@@H](CCC(N)=O)C(=O)N[C@H](C(=O)N[C@@H](CCC(=O)O)C(=O)N[C@@H](Cc1ccc(O)cc1)C(=O)N[C@@H](Cc1ccc(O)cc1)C(=O)N[C@@H](Cc1ccccc1)C(=O)NCC(=O)N[C@@H](CC(=O)O)C(=O)N[C@@H](Cc1ccccc1)C(=O)O)C(C)C)[C@@H](C)CC. The molecule has 17 amide bonds. The molecule has 0 saturated carbocycles. The lowest BCUT2D eigenvalue weighted by Gasteiger charge is -2.31. The monoisotopic (exact) mass is 2030 g/mol. The van der Waals surface area contributed by atoms with Crippen LogP contribution in [0.3, 0.4) is 0 Å². The molecule has 0 unspecified atom stereocenters. The van der Waals surface area contributed by atoms with Crippen LogP contribution in [0, 0.1) is 28.6 Å². The van der Waals surface area contributed by atoms with Gasteiger partial charge in [-0.1, -0.05) is 139 Å². The Morgan fingerprint density at radius 2 is 0.621 bits per heavy atom. The van der Waals surface area contributed by atoms with Gasteiger partial charge in [-0.15, -0.1) is 0 Å². The highest BCUT2D eigenvalue weighted by Crippen LogP contribution is 2.20. The number of rotatable bonds is 66. The zero-order chi connectivity index (χ0) is 108. The maximum absolute atomic E-state index is 15.2. The van der Waals surface area contributed by atoms with E-state index in [1.54, 1.807) is 88.4 Å². The highest BCUT2D eigenvalue weighted by atomic mass is 16.4. The lowest BCUT2D eigenvalue weighted by atomic mass is 9.94. The Bertz CT molecular complexity index is 5140. The molecule has 0 fully saturated rings. The molecule has 0 bridgehead atoms. The Morgan fingerprint density at radius 3 is 1.01 bits per heavy atom. The molecule has 0 heterocycles. The van der Waals surface area contributed by atoms with Gasteiger partial charge in [-0.3, -0.25) is 107 Å². The molecule has 0 aliphatic rings. The number of aromatic hydroxyl groups is 2. The van der Waals surface area contributed by atoms with Crippen molar-refractivity contribution in [2.45, 2.75) is 261 Å². The van der Waals surface area contributed by atoms with E-state index in [1.807, 2.05) is 0 Å². The van der Waals surface area contributed by atoms with E-state index in [0.717, 1.165) is 0 Å². The van der Waals surface area contributed by atoms with Crippen LogP contribution in [-0.2, 0) is 126 Å². The van der Waals surface area contributed by atoms with Crippen LogP contribution in [0.1, 0.15) is 167 Å². The lowest BCUT2D eigenvalue weighted by molar-refractivity contribution is -0.143. The van der Waals surface area contributed by atoms with Crippen molar-refractivity contribution in [3.8, 4) is 11.5 Å². The third kappa shape index (κ3) is 45.5. The molecule has 35 N–H and O–H groups in total. The number of carboxylic acids is 4. The van der Waals surface area contributed by atoms with Crippen LogP contribution in [0.2, 0.25) is 0 Å². The van der Waals surface area contributed by atoms with Gasteiger partial charge < -0.3 is 150 Å². The summed E-state index contributed by atoms with van der Waals surface area (Å²) in [5, 5.41) is 117. The van der Waals surface area contributed by atoms with Gasteiger partial charge in [0.1, 0.15) is 96.1 Å². The van der Waals surface area contributed by atoms with Gasteiger partial charge in [0.25, 0.3) is 0 Å². The van der Waals surface area contributed by atoms with Crippen molar-refractivity contribution in [1.29, 1.82) is 10.8 Å². The second-order valence-electron chi connectivity index (χ2n) is 35.1. The standard InChI is InChI=1S/C94H136N24O27/c1-8-49(5)76(118-91(143)77(50(6)9-2)117-78(130)51(7)105-81(133)59(22-16-40-102-93(98)99)108-83(135)62(34-38-72(124)125)107-79(131)58(95)32-36-69(96)121)90(142)110-60(23-17-41-103-94(100)101)82(134)109-61(33-37-70(97)122)85(137)116-75(48(3)4)89(141)111-63(35-39-73(126)127)84(136)113-65(43-54-24-28-56(119)29-25-54)87(139)114-66(44-55-26-30-57(120)31-27-55)86(138)112-64(42-52-18-12-10-13-19-52)80(132)104-47-71(123)106-67(46-74(128)129)88(140)115-68(92(144)145)45-53-20-14-11-15-21-53/h10-15,18-21,24-31,48-51,58-68,75-77,119-120H,8-9,16-17,22-23,32-47,95H2,1-7H3,(H2,96,121)(H2,97,122)(H,104,132)(H,105,133)(H,106,123)(H,107,131)(H,108,135)(H,109,134)(H,110,142)(H,111,141)(H,112,138)(H,113,136)(H,114,139)(H,115,140)(H,116,137)(H,117,130)(H,118,143)(H,124,125)(H,126,127)(H,128,129)(H,144,145)(H4,98,99,102)(H4,100,101,103)/t49-,50-,51-,58-,59-,60-,61-,62-,63-,64-,65-,66-,67-,68-,75-,76-,77-/m0/s1. The third-order valence-electron chi connectivity index (χ3n) is 23.0. The predicted molar refractivity (Wildman–Crippen MR) is 520 cm³/mol. The van der Waals surface area contributed by atoms with Crippen molar-refractivity contribution in [3.05, 3.63) is 131 Å². The Balaban J connectivity index is 1.67. The molecule has 794 valence electrons. The minimum atomic E-state index is -1.93. The molecule has 4 aromatic rings. The van der Waals surface area contributed by atoms with E-state index in [9.17, 15) is 117 Å². The maximum Gasteiger partial charge on any atom is 0.326 e. The number of primary amides is 2. The number of benzene rings is 4. The number of aliphatic carboxylic acids is 4. The van der Waals surface area contributed by atoms with Gasteiger partial charge in [0, 0.05) is 64.5 Å². The molecule has 51 nitrogen and oxygen atoms in total. The molecule has 0 aliphatic carbocycles. The number of carbonyl (C=O) groups is 21. The average molecular weight is 2030 g/mol. The zero-order valence-corrected chi connectivity index (χ0v) is 81.5. The Hall–Kier alpha value is -16.2. The van der Waals surface area contributed by atoms with E-state index < -0.39 is 309 Å². The van der Waals surface area contributed by atoms with Crippen LogP contribution in [0.15, 0.2) is 109 Å². The summed E-state index contributed by atoms with van der Waals surface area (Å²) in [5.74, 6) is -27.9. The predicted octanol–water partition coefficient (Wildman–Crippen LogP) is -5.29. The van der Waals surface area contributed by atoms with Crippen LogP contribution in [-0.4, -0.2) is 277 Å². The number of nitrogens with two attached hydrogens (primary N) is 5. The normalized spacial score (nSPS) is 14.5. The lowest BCUT2D eigenvalue weighted by Crippen LogP contribution is -2.62. The van der Waals surface area contributed by atoms with Crippen molar-refractivity contribution < 1.29 is 131 Å². The molecule has 51 heteroatoms. The Morgan fingerprint density at radius 1 is 0.310 bits per heavy atom. The maximum atomic E-state index is 15.2. The molecule has 17 atom stereocenters. The molecular weight excluding hydrogens is 1900 g/mol. The molecule has 0 saturated heterocycles. The number of nitrogens with one attached hydrogen (secondary N) is 19. The van der Waals surface area contributed by atoms with Gasteiger partial charge in [0.2, 0.25) is 100 Å². The smallest absolute Gasteiger partial charge is 0.326 e. The van der Waals surface area contributed by atoms with Gasteiger partial charge in [-0.05, 0) is 123 Å². The molecule has 0 aliphatic heterocycles. The first-order valence-corrected chi connectivity index (χ1v) is 46.9. The Kier molecular flexibility index (Phi) is 52.0. The fourth-order valence-electron chi connectivity index (χ4n) is 14.4. The van der Waals surface area contributed by atoms with E-state index in [1.165, 1.54) is 69.3 Å². The quantitative estimate of drug-likeness (QED) is 0.0112. The second-order valence-corrected chi connectivity index (χ2v) is 35.1. The number of guanidine groups is 2. The van der Waals surface area contributed by atoms with Crippen molar-refractivity contribution >= 4 is 136 Å². The zero-order valence-electron chi connectivity index (χ0n) is 81.5. The van der Waals surface area contributed by atoms with Crippen molar-refractivity contribution in [1.82, 2.24) is 90.4 Å². The fourth-order valence-corrected chi connectivity index (χ4v) is 14.4. The first-order valence-electron chi connectivity index (χ1n) is 46.9. The Labute approximate surface area is 835 Å². The van der Waals surface area contributed by atoms with Gasteiger partial charge in [-0.25, -0.2) is 4.79 Å². The molecule has 0 spiro atoms. The summed E-state index contributed by atoms with van der Waals surface area (Å²) in [6, 6.07) is 1.63. The average Bonchev–Trinajstić information content (AvgIpc) is 0.838. The van der Waals surface area contributed by atoms with E-state index in [-0.39, 0.29) is 99.9 Å². The highest BCUT2D eigenvalue weighted by Gasteiger charge is 2.41. The topological polar surface area (TPSA) is 862 Å². The van der Waals surface area contributed by atoms with E-state index in [0.29, 0.717) is 11.1 Å². The number of hydrogen-bond donors (Lipinski definition) is 30. The molecule has 0 radical (unpaired) electrons. The fraction of sp³-hybridized carbons (Fsp3) is 0.500. The number of hydrogen-bond acceptors (Lipinski definition) is 26. The second kappa shape index (κ2) is 62.2. The van der Waals surface area contributed by atoms with Crippen molar-refractivity contribution in [3.63, 3.8) is 0 Å². The summed E-state index contributed by atoms with van der Waals surface area (Å²) < 4.78 is 0. The molecular formula is C94H136N24O27. The number of phenols is 2. The number of carbonyl (C=O) groups excluding carboxylic acids is 17. The highest BCUT2D eigenvalue weighted by molar-refractivity contribution is 6.02. The first-order chi connectivity index (χ1) is 68.4. The van der Waals surface area contributed by atoms with Crippen molar-refractivity contribution in [2.24, 2.45) is 46.4 Å². The summed E-state index contributed by atoms with van der Waals surface area (Å²) >= 11 is 0. The van der Waals surface area contributed by atoms with Crippen LogP contribution >= 0.6 is 0 Å². The van der Waals surface area contributed by atoms with Gasteiger partial charge in [-0.2, -0.15) is 0 Å². The van der Waals surface area contributed by atoms with E-state index >= 15 is 14.4 Å². The summed E-state index contributed by atoms with van der Waals surface area (Å²) in [4.78, 5) is 288. The minimum absolute atomic E-state index is 0.0112. The van der Waals surface area contributed by atoms with Crippen LogP contribution in [0.4, 0.5) is 0 Å². The molecule has 0 aromatic heterocycles. The molecule has 4 aromatic carbocycles. The van der Waals surface area contributed by atoms with Crippen LogP contribution in [0.25, 0.3) is 0 Å². The minimum Gasteiger partial charge on any atom is -0.508 e. The summed E-state index contributed by atoms with van der Waals surface area (Å²) in [7, 11) is 0. The molecule has 145 heavy (non-hydrogen) atoms. The van der Waals surface area contributed by atoms with Crippen LogP contribution < -0.4 is 119 Å².